The zero-order valence-electron chi connectivity index (χ0n) is 15.6. The first-order valence-corrected chi connectivity index (χ1v) is 8.52. The Labute approximate surface area is 157 Å². The molecule has 7 nitrogen and oxygen atoms in total. The highest BCUT2D eigenvalue weighted by Gasteiger charge is 2.13. The lowest BCUT2D eigenvalue weighted by molar-refractivity contribution is -0.144. The predicted octanol–water partition coefficient (Wildman–Crippen LogP) is 3.12. The molecule has 0 bridgehead atoms. The van der Waals surface area contributed by atoms with Crippen LogP contribution in [0.15, 0.2) is 47.1 Å². The van der Waals surface area contributed by atoms with Crippen molar-refractivity contribution in [3.8, 4) is 11.5 Å². The van der Waals surface area contributed by atoms with Crippen molar-refractivity contribution < 1.29 is 28.2 Å². The molecule has 0 fully saturated rings. The third-order valence-electron chi connectivity index (χ3n) is 3.59. The summed E-state index contributed by atoms with van der Waals surface area (Å²) in [4.78, 5) is 23.6. The average Bonchev–Trinajstić information content (AvgIpc) is 3.20. The fourth-order valence-corrected chi connectivity index (χ4v) is 2.30. The number of esters is 1. The highest BCUT2D eigenvalue weighted by atomic mass is 16.5. The number of nitrogens with one attached hydrogen (secondary N) is 1. The number of benzene rings is 1. The summed E-state index contributed by atoms with van der Waals surface area (Å²) in [5.74, 6) is 0.784. The largest absolute Gasteiger partial charge is 0.493 e. The molecule has 1 aromatic carbocycles. The van der Waals surface area contributed by atoms with E-state index in [0.717, 1.165) is 5.56 Å². The highest BCUT2D eigenvalue weighted by molar-refractivity contribution is 5.89. The van der Waals surface area contributed by atoms with Crippen LogP contribution < -0.4 is 14.8 Å². The zero-order chi connectivity index (χ0) is 19.6. The molecular weight excluding hydrogens is 350 g/mol. The van der Waals surface area contributed by atoms with Crippen LogP contribution in [-0.4, -0.2) is 32.2 Å². The molecule has 1 N–H and O–H groups in total. The Kier molecular flexibility index (Phi) is 7.49. The van der Waals surface area contributed by atoms with Crippen LogP contribution in [-0.2, 0) is 14.3 Å². The predicted molar refractivity (Wildman–Crippen MR) is 99.4 cm³/mol. The van der Waals surface area contributed by atoms with E-state index in [4.69, 9.17) is 18.6 Å². The molecule has 0 aliphatic carbocycles. The molecule has 0 aliphatic rings. The molecule has 7 heteroatoms. The maximum absolute atomic E-state index is 11.8. The standard InChI is InChI=1S/C20H23NO6/c1-4-25-17-9-7-15(12-18(17)24-3)8-10-20(23)27-13-19(22)21-14(2)16-6-5-11-26-16/h5-12,14H,4,13H2,1-3H3,(H,21,22)/b10-8+/t14-/m1/s1. The molecule has 0 saturated heterocycles. The SMILES string of the molecule is CCOc1ccc(/C=C/C(=O)OCC(=O)N[C@H](C)c2ccco2)cc1OC. The summed E-state index contributed by atoms with van der Waals surface area (Å²) in [6.45, 7) is 3.81. The van der Waals surface area contributed by atoms with Gasteiger partial charge in [0, 0.05) is 6.08 Å². The van der Waals surface area contributed by atoms with Crippen molar-refractivity contribution in [2.24, 2.45) is 0 Å². The molecule has 1 amide bonds. The molecule has 2 rings (SSSR count). The van der Waals surface area contributed by atoms with E-state index in [-0.39, 0.29) is 12.6 Å². The van der Waals surface area contributed by atoms with Crippen LogP contribution >= 0.6 is 0 Å². The van der Waals surface area contributed by atoms with Gasteiger partial charge >= 0.3 is 5.97 Å². The summed E-state index contributed by atoms with van der Waals surface area (Å²) in [5.41, 5.74) is 0.739. The fraction of sp³-hybridized carbons (Fsp3) is 0.300. The van der Waals surface area contributed by atoms with E-state index in [2.05, 4.69) is 5.32 Å². The van der Waals surface area contributed by atoms with Crippen molar-refractivity contribution in [3.63, 3.8) is 0 Å². The average molecular weight is 373 g/mol. The van der Waals surface area contributed by atoms with E-state index >= 15 is 0 Å². The molecule has 0 unspecified atom stereocenters. The number of amides is 1. The Balaban J connectivity index is 1.83. The normalized spacial score (nSPS) is 11.8. The van der Waals surface area contributed by atoms with Crippen molar-refractivity contribution in [1.29, 1.82) is 0 Å². The van der Waals surface area contributed by atoms with Crippen molar-refractivity contribution in [1.82, 2.24) is 5.32 Å². The number of methoxy groups -OCH3 is 1. The number of rotatable bonds is 9. The van der Waals surface area contributed by atoms with Gasteiger partial charge in [0.1, 0.15) is 5.76 Å². The van der Waals surface area contributed by atoms with Crippen LogP contribution in [0.2, 0.25) is 0 Å². The molecule has 0 aliphatic heterocycles. The number of carbonyl (C=O) groups is 2. The summed E-state index contributed by atoms with van der Waals surface area (Å²) < 4.78 is 20.8. The summed E-state index contributed by atoms with van der Waals surface area (Å²) in [5, 5.41) is 2.68. The van der Waals surface area contributed by atoms with Gasteiger partial charge in [-0.15, -0.1) is 0 Å². The molecule has 0 saturated carbocycles. The number of hydrogen-bond acceptors (Lipinski definition) is 6. The van der Waals surface area contributed by atoms with Crippen LogP contribution in [0.25, 0.3) is 6.08 Å². The lowest BCUT2D eigenvalue weighted by Gasteiger charge is -2.11. The van der Waals surface area contributed by atoms with E-state index in [1.54, 1.807) is 50.4 Å². The second-order valence-electron chi connectivity index (χ2n) is 5.59. The summed E-state index contributed by atoms with van der Waals surface area (Å²) in [6, 6.07) is 8.47. The third-order valence-corrected chi connectivity index (χ3v) is 3.59. The first-order valence-electron chi connectivity index (χ1n) is 8.52. The van der Waals surface area contributed by atoms with Crippen LogP contribution in [0, 0.1) is 0 Å². The van der Waals surface area contributed by atoms with Crippen LogP contribution in [0.3, 0.4) is 0 Å². The quantitative estimate of drug-likeness (QED) is 0.537. The minimum Gasteiger partial charge on any atom is -0.493 e. The first kappa shape index (κ1) is 20.1. The van der Waals surface area contributed by atoms with Crippen molar-refractivity contribution in [2.75, 3.05) is 20.3 Å². The van der Waals surface area contributed by atoms with E-state index in [0.29, 0.717) is 23.9 Å². The highest BCUT2D eigenvalue weighted by Crippen LogP contribution is 2.28. The Morgan fingerprint density at radius 1 is 1.26 bits per heavy atom. The second kappa shape index (κ2) is 10.1. The molecule has 0 spiro atoms. The topological polar surface area (TPSA) is 87.0 Å². The Morgan fingerprint density at radius 3 is 2.74 bits per heavy atom. The maximum atomic E-state index is 11.8. The van der Waals surface area contributed by atoms with Gasteiger partial charge in [0.15, 0.2) is 18.1 Å². The minimum absolute atomic E-state index is 0.307. The van der Waals surface area contributed by atoms with E-state index in [1.165, 1.54) is 12.3 Å². The van der Waals surface area contributed by atoms with Gasteiger partial charge in [0.05, 0.1) is 26.0 Å². The molecule has 0 radical (unpaired) electrons. The van der Waals surface area contributed by atoms with Gasteiger partial charge in [-0.25, -0.2) is 4.79 Å². The van der Waals surface area contributed by atoms with E-state index in [9.17, 15) is 9.59 Å². The molecule has 1 heterocycles. The van der Waals surface area contributed by atoms with Gasteiger partial charge in [0.25, 0.3) is 5.91 Å². The lowest BCUT2D eigenvalue weighted by Crippen LogP contribution is -2.30. The summed E-state index contributed by atoms with van der Waals surface area (Å²) >= 11 is 0. The van der Waals surface area contributed by atoms with E-state index in [1.807, 2.05) is 6.92 Å². The molecule has 27 heavy (non-hydrogen) atoms. The van der Waals surface area contributed by atoms with Gasteiger partial charge < -0.3 is 23.9 Å². The van der Waals surface area contributed by atoms with Gasteiger partial charge in [-0.3, -0.25) is 4.79 Å². The molecule has 1 atom stereocenters. The fourth-order valence-electron chi connectivity index (χ4n) is 2.30. The Hall–Kier alpha value is -3.22. The molecular formula is C20H23NO6. The Morgan fingerprint density at radius 2 is 2.07 bits per heavy atom. The van der Waals surface area contributed by atoms with Crippen molar-refractivity contribution in [3.05, 3.63) is 54.0 Å². The second-order valence-corrected chi connectivity index (χ2v) is 5.59. The first-order chi connectivity index (χ1) is 13.0. The van der Waals surface area contributed by atoms with Crippen LogP contribution in [0.1, 0.15) is 31.2 Å². The van der Waals surface area contributed by atoms with Crippen LogP contribution in [0.5, 0.6) is 11.5 Å². The number of hydrogen-bond donors (Lipinski definition) is 1. The van der Waals surface area contributed by atoms with Gasteiger partial charge in [0.2, 0.25) is 0 Å². The zero-order valence-corrected chi connectivity index (χ0v) is 15.6. The number of carbonyl (C=O) groups excluding carboxylic acids is 2. The summed E-state index contributed by atoms with van der Waals surface area (Å²) in [7, 11) is 1.54. The van der Waals surface area contributed by atoms with Crippen LogP contribution in [0.4, 0.5) is 0 Å². The lowest BCUT2D eigenvalue weighted by atomic mass is 10.2. The number of ether oxygens (including phenoxy) is 3. The number of furan rings is 1. The minimum atomic E-state index is -0.622. The monoisotopic (exact) mass is 373 g/mol. The van der Waals surface area contributed by atoms with Crippen molar-refractivity contribution in [2.45, 2.75) is 19.9 Å². The van der Waals surface area contributed by atoms with Gasteiger partial charge in [-0.2, -0.15) is 0 Å². The molecule has 2 aromatic rings. The molecule has 144 valence electrons. The smallest absolute Gasteiger partial charge is 0.331 e. The van der Waals surface area contributed by atoms with Gasteiger partial charge in [-0.1, -0.05) is 6.07 Å². The third kappa shape index (κ3) is 6.22. The van der Waals surface area contributed by atoms with Gasteiger partial charge in [-0.05, 0) is 49.8 Å². The maximum Gasteiger partial charge on any atom is 0.331 e. The summed E-state index contributed by atoms with van der Waals surface area (Å²) in [6.07, 6.45) is 4.35. The van der Waals surface area contributed by atoms with Crippen molar-refractivity contribution >= 4 is 18.0 Å². The van der Waals surface area contributed by atoms with E-state index < -0.39 is 11.9 Å². The molecule has 1 aromatic heterocycles. The Bertz CT molecular complexity index is 782.